The normalized spacial score (nSPS) is 18.7. The fourth-order valence-corrected chi connectivity index (χ4v) is 4.49. The largest absolute Gasteiger partial charge is 0.339 e. The lowest BCUT2D eigenvalue weighted by atomic mass is 9.94. The van der Waals surface area contributed by atoms with Crippen molar-refractivity contribution in [3.05, 3.63) is 83.9 Å². The van der Waals surface area contributed by atoms with Crippen molar-refractivity contribution in [2.24, 2.45) is 0 Å². The van der Waals surface area contributed by atoms with Gasteiger partial charge in [0, 0.05) is 50.9 Å². The Bertz CT molecular complexity index is 814. The minimum absolute atomic E-state index is 0.106. The maximum absolute atomic E-state index is 12.7. The highest BCUT2D eigenvalue weighted by molar-refractivity contribution is 5.94. The topological polar surface area (TPSA) is 26.8 Å². The fourth-order valence-electron chi connectivity index (χ4n) is 4.49. The van der Waals surface area contributed by atoms with E-state index in [1.54, 1.807) is 0 Å². The van der Waals surface area contributed by atoms with E-state index in [0.29, 0.717) is 6.04 Å². The highest BCUT2D eigenvalue weighted by Gasteiger charge is 2.31. The molecule has 1 amide bonds. The molecule has 2 atom stereocenters. The van der Waals surface area contributed by atoms with Gasteiger partial charge >= 0.3 is 0 Å². The fraction of sp³-hybridized carbons (Fsp3) is 0.423. The molecule has 1 heterocycles. The number of rotatable bonds is 8. The zero-order chi connectivity index (χ0) is 21.5. The summed E-state index contributed by atoms with van der Waals surface area (Å²) in [7, 11) is 0. The second-order valence-electron chi connectivity index (χ2n) is 8.05. The SMILES string of the molecule is C=CCN1CCN(C(c2ccccc2)c2ccc(C(=O)N(CC)CC)cc2)C(C)C1. The average molecular weight is 406 g/mol. The van der Waals surface area contributed by atoms with Crippen LogP contribution < -0.4 is 0 Å². The van der Waals surface area contributed by atoms with Gasteiger partial charge in [0.2, 0.25) is 0 Å². The standard InChI is InChI=1S/C26H35N3O/c1-5-17-27-18-19-29(21(4)20-27)25(22-11-9-8-10-12-22)23-13-15-24(16-14-23)26(30)28(6-2)7-3/h5,8-16,21,25H,1,6-7,17-20H2,2-4H3. The summed E-state index contributed by atoms with van der Waals surface area (Å²) in [5.41, 5.74) is 3.30. The highest BCUT2D eigenvalue weighted by Crippen LogP contribution is 2.32. The summed E-state index contributed by atoms with van der Waals surface area (Å²) in [5, 5.41) is 0. The highest BCUT2D eigenvalue weighted by atomic mass is 16.2. The Morgan fingerprint density at radius 2 is 1.70 bits per heavy atom. The van der Waals surface area contributed by atoms with Gasteiger partial charge in [-0.15, -0.1) is 6.58 Å². The van der Waals surface area contributed by atoms with E-state index < -0.39 is 0 Å². The Kier molecular flexibility index (Phi) is 7.83. The van der Waals surface area contributed by atoms with Crippen LogP contribution >= 0.6 is 0 Å². The predicted octanol–water partition coefficient (Wildman–Crippen LogP) is 4.45. The first-order chi connectivity index (χ1) is 14.6. The molecule has 1 aliphatic heterocycles. The maximum atomic E-state index is 12.7. The lowest BCUT2D eigenvalue weighted by Crippen LogP contribution is -2.53. The quantitative estimate of drug-likeness (QED) is 0.607. The van der Waals surface area contributed by atoms with Gasteiger partial charge in [-0.1, -0.05) is 48.5 Å². The first kappa shape index (κ1) is 22.3. The molecule has 0 radical (unpaired) electrons. The van der Waals surface area contributed by atoms with Crippen molar-refractivity contribution >= 4 is 5.91 Å². The van der Waals surface area contributed by atoms with E-state index in [0.717, 1.165) is 44.8 Å². The Morgan fingerprint density at radius 1 is 1.07 bits per heavy atom. The molecule has 2 unspecified atom stereocenters. The maximum Gasteiger partial charge on any atom is 0.253 e. The average Bonchev–Trinajstić information content (AvgIpc) is 2.77. The third-order valence-corrected chi connectivity index (χ3v) is 6.12. The minimum Gasteiger partial charge on any atom is -0.339 e. The second kappa shape index (κ2) is 10.6. The van der Waals surface area contributed by atoms with Gasteiger partial charge in [0.1, 0.15) is 0 Å². The van der Waals surface area contributed by atoms with Crippen LogP contribution in [0.15, 0.2) is 67.3 Å². The van der Waals surface area contributed by atoms with Crippen molar-refractivity contribution in [1.29, 1.82) is 0 Å². The molecular formula is C26H35N3O. The van der Waals surface area contributed by atoms with E-state index in [2.05, 4.69) is 65.8 Å². The molecule has 0 spiro atoms. The minimum atomic E-state index is 0.106. The van der Waals surface area contributed by atoms with E-state index in [1.807, 2.05) is 37.0 Å². The summed E-state index contributed by atoms with van der Waals surface area (Å²) in [4.78, 5) is 19.6. The molecule has 2 aromatic carbocycles. The third-order valence-electron chi connectivity index (χ3n) is 6.12. The van der Waals surface area contributed by atoms with Gasteiger partial charge in [-0.25, -0.2) is 0 Å². The number of amides is 1. The van der Waals surface area contributed by atoms with E-state index in [1.165, 1.54) is 11.1 Å². The lowest BCUT2D eigenvalue weighted by Gasteiger charge is -2.44. The number of hydrogen-bond acceptors (Lipinski definition) is 3. The number of nitrogens with zero attached hydrogens (tertiary/aromatic N) is 3. The molecule has 2 aromatic rings. The summed E-state index contributed by atoms with van der Waals surface area (Å²) in [6.45, 7) is 15.7. The van der Waals surface area contributed by atoms with Crippen molar-refractivity contribution in [2.75, 3.05) is 39.3 Å². The lowest BCUT2D eigenvalue weighted by molar-refractivity contribution is 0.0670. The number of carbonyl (C=O) groups excluding carboxylic acids is 1. The first-order valence-electron chi connectivity index (χ1n) is 11.1. The van der Waals surface area contributed by atoms with Crippen LogP contribution in [0.4, 0.5) is 0 Å². The number of carbonyl (C=O) groups is 1. The van der Waals surface area contributed by atoms with Crippen molar-refractivity contribution in [2.45, 2.75) is 32.9 Å². The van der Waals surface area contributed by atoms with Crippen LogP contribution in [0.1, 0.15) is 48.3 Å². The molecule has 0 bridgehead atoms. The van der Waals surface area contributed by atoms with Gasteiger partial charge in [0.25, 0.3) is 5.91 Å². The molecule has 0 aliphatic carbocycles. The number of benzene rings is 2. The van der Waals surface area contributed by atoms with Gasteiger partial charge < -0.3 is 4.90 Å². The molecule has 1 aliphatic rings. The Morgan fingerprint density at radius 3 is 2.27 bits per heavy atom. The van der Waals surface area contributed by atoms with Crippen LogP contribution in [0.5, 0.6) is 0 Å². The second-order valence-corrected chi connectivity index (χ2v) is 8.05. The third kappa shape index (κ3) is 5.00. The Labute approximate surface area is 181 Å². The summed E-state index contributed by atoms with van der Waals surface area (Å²) in [6.07, 6.45) is 1.99. The zero-order valence-corrected chi connectivity index (χ0v) is 18.6. The van der Waals surface area contributed by atoms with Crippen molar-refractivity contribution in [3.8, 4) is 0 Å². The van der Waals surface area contributed by atoms with Crippen LogP contribution in [0.25, 0.3) is 0 Å². The van der Waals surface area contributed by atoms with Crippen LogP contribution in [-0.4, -0.2) is 65.9 Å². The van der Waals surface area contributed by atoms with E-state index in [4.69, 9.17) is 0 Å². The Hall–Kier alpha value is -2.43. The van der Waals surface area contributed by atoms with Crippen molar-refractivity contribution in [1.82, 2.24) is 14.7 Å². The molecule has 160 valence electrons. The molecule has 0 N–H and O–H groups in total. The predicted molar refractivity (Wildman–Crippen MR) is 125 cm³/mol. The monoisotopic (exact) mass is 405 g/mol. The smallest absolute Gasteiger partial charge is 0.253 e. The molecule has 1 saturated heterocycles. The summed E-state index contributed by atoms with van der Waals surface area (Å²) < 4.78 is 0. The van der Waals surface area contributed by atoms with Crippen LogP contribution in [0.3, 0.4) is 0 Å². The summed E-state index contributed by atoms with van der Waals surface area (Å²) in [6, 6.07) is 19.6. The van der Waals surface area contributed by atoms with Gasteiger partial charge in [0.15, 0.2) is 0 Å². The van der Waals surface area contributed by atoms with Gasteiger partial charge in [-0.2, -0.15) is 0 Å². The molecule has 30 heavy (non-hydrogen) atoms. The zero-order valence-electron chi connectivity index (χ0n) is 18.6. The summed E-state index contributed by atoms with van der Waals surface area (Å²) >= 11 is 0. The van der Waals surface area contributed by atoms with E-state index in [9.17, 15) is 4.79 Å². The molecule has 4 heteroatoms. The Balaban J connectivity index is 1.89. The van der Waals surface area contributed by atoms with Gasteiger partial charge in [-0.05, 0) is 44.0 Å². The molecule has 3 rings (SSSR count). The van der Waals surface area contributed by atoms with Gasteiger partial charge in [-0.3, -0.25) is 14.6 Å². The van der Waals surface area contributed by atoms with Crippen LogP contribution in [-0.2, 0) is 0 Å². The van der Waals surface area contributed by atoms with E-state index in [-0.39, 0.29) is 11.9 Å². The molecule has 0 saturated carbocycles. The van der Waals surface area contributed by atoms with E-state index >= 15 is 0 Å². The number of hydrogen-bond donors (Lipinski definition) is 0. The molecule has 1 fully saturated rings. The van der Waals surface area contributed by atoms with Crippen molar-refractivity contribution < 1.29 is 4.79 Å². The molecule has 4 nitrogen and oxygen atoms in total. The van der Waals surface area contributed by atoms with Crippen molar-refractivity contribution in [3.63, 3.8) is 0 Å². The molecule has 0 aromatic heterocycles. The van der Waals surface area contributed by atoms with Crippen LogP contribution in [0, 0.1) is 0 Å². The summed E-state index contributed by atoms with van der Waals surface area (Å²) in [5.74, 6) is 0.106. The molecular weight excluding hydrogens is 370 g/mol. The van der Waals surface area contributed by atoms with Crippen LogP contribution in [0.2, 0.25) is 0 Å². The number of piperazine rings is 1. The first-order valence-corrected chi connectivity index (χ1v) is 11.1. The van der Waals surface area contributed by atoms with Gasteiger partial charge in [0.05, 0.1) is 6.04 Å².